The molecule has 0 saturated carbocycles. The summed E-state index contributed by atoms with van der Waals surface area (Å²) in [6, 6.07) is 4.12. The second kappa shape index (κ2) is 6.42. The molecule has 6 nitrogen and oxygen atoms in total. The number of rotatable bonds is 3. The van der Waals surface area contributed by atoms with Gasteiger partial charge in [0.05, 0.1) is 6.04 Å². The Bertz CT molecular complexity index is 545. The van der Waals surface area contributed by atoms with Gasteiger partial charge in [0, 0.05) is 37.9 Å². The minimum Gasteiger partial charge on any atom is -0.444 e. The first kappa shape index (κ1) is 16.4. The topological polar surface area (TPSA) is 63.6 Å². The Morgan fingerprint density at radius 2 is 2.09 bits per heavy atom. The summed E-state index contributed by atoms with van der Waals surface area (Å²) in [5.41, 5.74) is 0.626. The Balaban J connectivity index is 1.80. The van der Waals surface area contributed by atoms with Crippen molar-refractivity contribution in [2.24, 2.45) is 0 Å². The number of aromatic nitrogens is 1. The van der Waals surface area contributed by atoms with Crippen LogP contribution < -0.4 is 5.32 Å². The number of fused-ring (bicyclic) bond motifs is 1. The number of hydrogen-bond donors (Lipinski definition) is 1. The van der Waals surface area contributed by atoms with E-state index in [-0.39, 0.29) is 24.9 Å². The van der Waals surface area contributed by atoms with Crippen LogP contribution in [0, 0.1) is 0 Å². The first-order valence-electron chi connectivity index (χ1n) is 7.69. The minimum atomic E-state index is -0.527. The third-order valence-electron chi connectivity index (χ3n) is 3.67. The fourth-order valence-electron chi connectivity index (χ4n) is 2.65. The van der Waals surface area contributed by atoms with Crippen molar-refractivity contribution >= 4 is 12.0 Å². The zero-order chi connectivity index (χ0) is 16.3. The molecule has 2 heterocycles. The van der Waals surface area contributed by atoms with E-state index in [4.69, 9.17) is 4.74 Å². The van der Waals surface area contributed by atoms with Gasteiger partial charge in [-0.2, -0.15) is 0 Å². The largest absolute Gasteiger partial charge is 0.444 e. The van der Waals surface area contributed by atoms with Crippen molar-refractivity contribution in [2.45, 2.75) is 52.3 Å². The monoisotopic (exact) mass is 307 g/mol. The van der Waals surface area contributed by atoms with E-state index in [0.29, 0.717) is 6.54 Å². The summed E-state index contributed by atoms with van der Waals surface area (Å²) in [4.78, 5) is 25.7. The molecule has 1 aliphatic rings. The summed E-state index contributed by atoms with van der Waals surface area (Å²) in [6.07, 6.45) is 1.84. The normalized spacial score (nSPS) is 17.8. The first-order chi connectivity index (χ1) is 10.3. The lowest BCUT2D eigenvalue weighted by Crippen LogP contribution is -2.42. The van der Waals surface area contributed by atoms with Gasteiger partial charge in [-0.1, -0.05) is 0 Å². The Morgan fingerprint density at radius 3 is 2.77 bits per heavy atom. The molecule has 122 valence electrons. The molecule has 1 aromatic heterocycles. The number of alkyl carbamates (subject to hydrolysis) is 1. The molecular formula is C16H25N3O3. The third-order valence-corrected chi connectivity index (χ3v) is 3.67. The summed E-state index contributed by atoms with van der Waals surface area (Å²) < 4.78 is 7.32. The van der Waals surface area contributed by atoms with Crippen LogP contribution in [-0.4, -0.2) is 40.2 Å². The summed E-state index contributed by atoms with van der Waals surface area (Å²) in [5.74, 6) is 0.0519. The van der Waals surface area contributed by atoms with Crippen LogP contribution in [-0.2, 0) is 16.1 Å². The van der Waals surface area contributed by atoms with Crippen LogP contribution in [0.5, 0.6) is 0 Å². The van der Waals surface area contributed by atoms with Gasteiger partial charge in [0.25, 0.3) is 0 Å². The fraction of sp³-hybridized carbons (Fsp3) is 0.625. The van der Waals surface area contributed by atoms with E-state index >= 15 is 0 Å². The van der Waals surface area contributed by atoms with E-state index in [1.807, 2.05) is 50.9 Å². The summed E-state index contributed by atoms with van der Waals surface area (Å²) in [6.45, 7) is 9.26. The summed E-state index contributed by atoms with van der Waals surface area (Å²) >= 11 is 0. The molecule has 1 unspecified atom stereocenters. The number of carbonyl (C=O) groups excluding carboxylic acids is 2. The SMILES string of the molecule is CC1c2cccn2CCN1C(=O)CCNC(=O)OC(C)(C)C. The number of hydrogen-bond acceptors (Lipinski definition) is 3. The molecular weight excluding hydrogens is 282 g/mol. The highest BCUT2D eigenvalue weighted by molar-refractivity contribution is 5.77. The predicted octanol–water partition coefficient (Wildman–Crippen LogP) is 2.31. The van der Waals surface area contributed by atoms with Gasteiger partial charge in [-0.15, -0.1) is 0 Å². The molecule has 6 heteroatoms. The average Bonchev–Trinajstić information content (AvgIpc) is 2.86. The molecule has 0 radical (unpaired) electrons. The van der Waals surface area contributed by atoms with Crippen molar-refractivity contribution in [3.63, 3.8) is 0 Å². The fourth-order valence-corrected chi connectivity index (χ4v) is 2.65. The predicted molar refractivity (Wildman–Crippen MR) is 83.4 cm³/mol. The Labute approximate surface area is 131 Å². The molecule has 1 N–H and O–H groups in total. The molecule has 0 aliphatic carbocycles. The number of nitrogens with one attached hydrogen (secondary N) is 1. The van der Waals surface area contributed by atoms with E-state index in [1.165, 1.54) is 0 Å². The number of amides is 2. The maximum absolute atomic E-state index is 12.3. The van der Waals surface area contributed by atoms with Crippen LogP contribution in [0.1, 0.15) is 45.9 Å². The average molecular weight is 307 g/mol. The van der Waals surface area contributed by atoms with Crippen LogP contribution in [0.25, 0.3) is 0 Å². The summed E-state index contributed by atoms with van der Waals surface area (Å²) in [5, 5.41) is 2.62. The van der Waals surface area contributed by atoms with Crippen molar-refractivity contribution in [1.82, 2.24) is 14.8 Å². The van der Waals surface area contributed by atoms with Gasteiger partial charge < -0.3 is 19.5 Å². The van der Waals surface area contributed by atoms with Gasteiger partial charge in [-0.3, -0.25) is 4.79 Å². The second-order valence-corrected chi connectivity index (χ2v) is 6.57. The van der Waals surface area contributed by atoms with Gasteiger partial charge in [0.2, 0.25) is 5.91 Å². The zero-order valence-corrected chi connectivity index (χ0v) is 13.8. The maximum Gasteiger partial charge on any atom is 0.407 e. The highest BCUT2D eigenvalue weighted by Crippen LogP contribution is 2.25. The van der Waals surface area contributed by atoms with Crippen molar-refractivity contribution in [3.05, 3.63) is 24.0 Å². The van der Waals surface area contributed by atoms with Crippen LogP contribution >= 0.6 is 0 Å². The van der Waals surface area contributed by atoms with E-state index < -0.39 is 11.7 Å². The quantitative estimate of drug-likeness (QED) is 0.932. The third kappa shape index (κ3) is 4.02. The van der Waals surface area contributed by atoms with Crippen LogP contribution in [0.4, 0.5) is 4.79 Å². The molecule has 2 rings (SSSR count). The zero-order valence-electron chi connectivity index (χ0n) is 13.8. The van der Waals surface area contributed by atoms with Crippen LogP contribution in [0.15, 0.2) is 18.3 Å². The highest BCUT2D eigenvalue weighted by atomic mass is 16.6. The van der Waals surface area contributed by atoms with Crippen molar-refractivity contribution < 1.29 is 14.3 Å². The molecule has 22 heavy (non-hydrogen) atoms. The second-order valence-electron chi connectivity index (χ2n) is 6.57. The van der Waals surface area contributed by atoms with E-state index in [0.717, 1.165) is 12.2 Å². The molecule has 0 saturated heterocycles. The molecule has 0 spiro atoms. The highest BCUT2D eigenvalue weighted by Gasteiger charge is 2.27. The van der Waals surface area contributed by atoms with E-state index in [2.05, 4.69) is 9.88 Å². The molecule has 1 atom stereocenters. The molecule has 0 fully saturated rings. The Hall–Kier alpha value is -1.98. The van der Waals surface area contributed by atoms with Crippen LogP contribution in [0.2, 0.25) is 0 Å². The molecule has 0 aromatic carbocycles. The van der Waals surface area contributed by atoms with Gasteiger partial charge >= 0.3 is 6.09 Å². The number of ether oxygens (including phenoxy) is 1. The van der Waals surface area contributed by atoms with Crippen molar-refractivity contribution in [2.75, 3.05) is 13.1 Å². The lowest BCUT2D eigenvalue weighted by molar-refractivity contribution is -0.134. The van der Waals surface area contributed by atoms with Gasteiger partial charge in [-0.05, 0) is 39.8 Å². The van der Waals surface area contributed by atoms with Crippen molar-refractivity contribution in [3.8, 4) is 0 Å². The standard InChI is InChI=1S/C16H25N3O3/c1-12-13-6-5-9-18(13)10-11-19(12)14(20)7-8-17-15(21)22-16(2,3)4/h5-6,9,12H,7-8,10-11H2,1-4H3,(H,17,21). The van der Waals surface area contributed by atoms with Gasteiger partial charge in [0.15, 0.2) is 0 Å². The van der Waals surface area contributed by atoms with E-state index in [9.17, 15) is 9.59 Å². The maximum atomic E-state index is 12.3. The van der Waals surface area contributed by atoms with Gasteiger partial charge in [0.1, 0.15) is 5.60 Å². The summed E-state index contributed by atoms with van der Waals surface area (Å²) in [7, 11) is 0. The number of carbonyl (C=O) groups is 2. The molecule has 1 aliphatic heterocycles. The molecule has 0 bridgehead atoms. The Morgan fingerprint density at radius 1 is 1.36 bits per heavy atom. The smallest absolute Gasteiger partial charge is 0.407 e. The van der Waals surface area contributed by atoms with Gasteiger partial charge in [-0.25, -0.2) is 4.79 Å². The lowest BCUT2D eigenvalue weighted by Gasteiger charge is -2.35. The minimum absolute atomic E-state index is 0.0519. The molecule has 2 amide bonds. The Kier molecular flexibility index (Phi) is 4.78. The first-order valence-corrected chi connectivity index (χ1v) is 7.69. The van der Waals surface area contributed by atoms with Crippen molar-refractivity contribution in [1.29, 1.82) is 0 Å². The molecule has 1 aromatic rings. The lowest BCUT2D eigenvalue weighted by atomic mass is 10.1. The van der Waals surface area contributed by atoms with E-state index in [1.54, 1.807) is 0 Å². The number of nitrogens with zero attached hydrogens (tertiary/aromatic N) is 2. The van der Waals surface area contributed by atoms with Crippen LogP contribution in [0.3, 0.4) is 0 Å².